The maximum absolute atomic E-state index is 12.7. The van der Waals surface area contributed by atoms with Crippen LogP contribution in [-0.2, 0) is 9.59 Å². The largest absolute Gasteiger partial charge is 0.480 e. The van der Waals surface area contributed by atoms with Gasteiger partial charge in [-0.05, 0) is 52.5 Å². The molecule has 1 amide bonds. The number of aliphatic carboxylic acids is 1. The van der Waals surface area contributed by atoms with Crippen LogP contribution < -0.4 is 5.32 Å². The van der Waals surface area contributed by atoms with Crippen molar-refractivity contribution in [3.63, 3.8) is 0 Å². The van der Waals surface area contributed by atoms with Gasteiger partial charge >= 0.3 is 5.97 Å². The van der Waals surface area contributed by atoms with Gasteiger partial charge in [-0.15, -0.1) is 0 Å². The number of nitrogens with one attached hydrogen (secondary N) is 1. The van der Waals surface area contributed by atoms with Crippen molar-refractivity contribution in [2.45, 2.75) is 57.5 Å². The highest BCUT2D eigenvalue weighted by molar-refractivity contribution is 5.88. The number of likely N-dealkylation sites (tertiary alicyclic amines) is 1. The molecule has 5 heteroatoms. The van der Waals surface area contributed by atoms with Crippen molar-refractivity contribution in [3.8, 4) is 0 Å². The van der Waals surface area contributed by atoms with E-state index in [1.54, 1.807) is 11.8 Å². The van der Waals surface area contributed by atoms with Crippen molar-refractivity contribution < 1.29 is 14.7 Å². The lowest BCUT2D eigenvalue weighted by Crippen LogP contribution is -2.59. The zero-order chi connectivity index (χ0) is 14.0. The summed E-state index contributed by atoms with van der Waals surface area (Å²) >= 11 is 0. The number of piperidine rings is 2. The third-order valence-corrected chi connectivity index (χ3v) is 4.59. The number of carboxylic acid groups (broad SMARTS) is 1. The van der Waals surface area contributed by atoms with E-state index in [-0.39, 0.29) is 11.8 Å². The predicted octanol–water partition coefficient (Wildman–Crippen LogP) is 1.23. The van der Waals surface area contributed by atoms with Crippen LogP contribution in [0.5, 0.6) is 0 Å². The number of nitrogens with zero attached hydrogens (tertiary/aromatic N) is 1. The Morgan fingerprint density at radius 3 is 2.74 bits per heavy atom. The number of carboxylic acids is 1. The first-order valence-electron chi connectivity index (χ1n) is 7.23. The van der Waals surface area contributed by atoms with Crippen LogP contribution in [0.4, 0.5) is 0 Å². The topological polar surface area (TPSA) is 69.6 Å². The molecule has 0 aliphatic carbocycles. The molecule has 3 atom stereocenters. The number of hydrogen-bond acceptors (Lipinski definition) is 3. The van der Waals surface area contributed by atoms with E-state index in [1.807, 2.05) is 0 Å². The van der Waals surface area contributed by atoms with E-state index in [4.69, 9.17) is 0 Å². The smallest absolute Gasteiger partial charge is 0.329 e. The zero-order valence-electron chi connectivity index (χ0n) is 11.8. The van der Waals surface area contributed by atoms with Gasteiger partial charge in [0.1, 0.15) is 5.54 Å². The van der Waals surface area contributed by atoms with E-state index >= 15 is 0 Å². The van der Waals surface area contributed by atoms with Crippen LogP contribution in [0.2, 0.25) is 0 Å². The van der Waals surface area contributed by atoms with E-state index in [9.17, 15) is 14.7 Å². The molecule has 2 fully saturated rings. The summed E-state index contributed by atoms with van der Waals surface area (Å²) in [6, 6.07) is 0.337. The Bertz CT molecular complexity index is 372. The number of rotatable bonds is 2. The van der Waals surface area contributed by atoms with E-state index < -0.39 is 11.5 Å². The number of hydrogen-bond donors (Lipinski definition) is 2. The van der Waals surface area contributed by atoms with E-state index in [0.29, 0.717) is 19.0 Å². The molecule has 2 saturated heterocycles. The summed E-state index contributed by atoms with van der Waals surface area (Å²) in [4.78, 5) is 25.8. The van der Waals surface area contributed by atoms with Gasteiger partial charge in [-0.2, -0.15) is 0 Å². The second-order valence-electron chi connectivity index (χ2n) is 6.10. The summed E-state index contributed by atoms with van der Waals surface area (Å²) in [6.45, 7) is 5.19. The zero-order valence-corrected chi connectivity index (χ0v) is 11.8. The average molecular weight is 268 g/mol. The Labute approximate surface area is 114 Å². The molecule has 0 aromatic carbocycles. The third-order valence-electron chi connectivity index (χ3n) is 4.59. The molecule has 108 valence electrons. The number of carbonyl (C=O) groups is 2. The van der Waals surface area contributed by atoms with Gasteiger partial charge in [0.05, 0.1) is 0 Å². The lowest BCUT2D eigenvalue weighted by atomic mass is 9.85. The molecular formula is C14H24N2O3. The van der Waals surface area contributed by atoms with Gasteiger partial charge in [-0.25, -0.2) is 4.79 Å². The van der Waals surface area contributed by atoms with Gasteiger partial charge < -0.3 is 15.3 Å². The molecule has 0 aromatic heterocycles. The van der Waals surface area contributed by atoms with Crippen LogP contribution in [0.3, 0.4) is 0 Å². The van der Waals surface area contributed by atoms with Crippen molar-refractivity contribution in [3.05, 3.63) is 0 Å². The van der Waals surface area contributed by atoms with Crippen molar-refractivity contribution in [1.82, 2.24) is 10.2 Å². The predicted molar refractivity (Wildman–Crippen MR) is 71.8 cm³/mol. The minimum absolute atomic E-state index is 0.0203. The fourth-order valence-corrected chi connectivity index (χ4v) is 3.27. The Morgan fingerprint density at radius 1 is 1.37 bits per heavy atom. The molecule has 2 N–H and O–H groups in total. The van der Waals surface area contributed by atoms with Gasteiger partial charge in [0, 0.05) is 18.5 Å². The lowest BCUT2D eigenvalue weighted by Gasteiger charge is -2.44. The van der Waals surface area contributed by atoms with Crippen molar-refractivity contribution in [1.29, 1.82) is 0 Å². The summed E-state index contributed by atoms with van der Waals surface area (Å²) in [5.41, 5.74) is -1.01. The first-order valence-corrected chi connectivity index (χ1v) is 7.23. The van der Waals surface area contributed by atoms with Crippen molar-refractivity contribution in [2.24, 2.45) is 5.92 Å². The molecule has 0 spiro atoms. The van der Waals surface area contributed by atoms with Gasteiger partial charge in [-0.3, -0.25) is 4.79 Å². The Balaban J connectivity index is 2.13. The molecule has 2 aliphatic heterocycles. The SMILES string of the molecule is CC1CC(C(=O)N2CCCCC2(C)C(=O)O)CCN1. The molecule has 3 unspecified atom stereocenters. The molecule has 0 bridgehead atoms. The standard InChI is InChI=1S/C14H24N2O3/c1-10-9-11(5-7-15-10)12(17)16-8-4-3-6-14(16,2)13(18)19/h10-11,15H,3-9H2,1-2H3,(H,18,19). The molecule has 0 saturated carbocycles. The minimum Gasteiger partial charge on any atom is -0.480 e. The highest BCUT2D eigenvalue weighted by Gasteiger charge is 2.45. The molecular weight excluding hydrogens is 244 g/mol. The molecule has 19 heavy (non-hydrogen) atoms. The summed E-state index contributed by atoms with van der Waals surface area (Å²) in [5.74, 6) is -0.853. The third kappa shape index (κ3) is 2.76. The average Bonchev–Trinajstić information content (AvgIpc) is 2.38. The summed E-state index contributed by atoms with van der Waals surface area (Å²) in [5, 5.41) is 12.8. The molecule has 2 rings (SSSR count). The lowest BCUT2D eigenvalue weighted by molar-refractivity contribution is -0.163. The summed E-state index contributed by atoms with van der Waals surface area (Å²) in [7, 11) is 0. The first-order chi connectivity index (χ1) is 8.95. The highest BCUT2D eigenvalue weighted by atomic mass is 16.4. The van der Waals surface area contributed by atoms with E-state index in [2.05, 4.69) is 12.2 Å². The van der Waals surface area contributed by atoms with Crippen LogP contribution in [-0.4, -0.2) is 46.6 Å². The van der Waals surface area contributed by atoms with Crippen LogP contribution in [0.1, 0.15) is 46.0 Å². The molecule has 2 aliphatic rings. The summed E-state index contributed by atoms with van der Waals surface area (Å²) in [6.07, 6.45) is 3.99. The van der Waals surface area contributed by atoms with Crippen molar-refractivity contribution in [2.75, 3.05) is 13.1 Å². The van der Waals surface area contributed by atoms with Crippen LogP contribution >= 0.6 is 0 Å². The fraction of sp³-hybridized carbons (Fsp3) is 0.857. The van der Waals surface area contributed by atoms with Gasteiger partial charge in [0.15, 0.2) is 0 Å². The molecule has 0 radical (unpaired) electrons. The van der Waals surface area contributed by atoms with E-state index in [1.165, 1.54) is 0 Å². The monoisotopic (exact) mass is 268 g/mol. The van der Waals surface area contributed by atoms with Gasteiger partial charge in [-0.1, -0.05) is 0 Å². The normalized spacial score (nSPS) is 36.0. The number of amides is 1. The highest BCUT2D eigenvalue weighted by Crippen LogP contribution is 2.31. The molecule has 2 heterocycles. The minimum atomic E-state index is -1.01. The van der Waals surface area contributed by atoms with Gasteiger partial charge in [0.2, 0.25) is 5.91 Å². The molecule has 5 nitrogen and oxygen atoms in total. The summed E-state index contributed by atoms with van der Waals surface area (Å²) < 4.78 is 0. The second kappa shape index (κ2) is 5.49. The van der Waals surface area contributed by atoms with Crippen molar-refractivity contribution >= 4 is 11.9 Å². The van der Waals surface area contributed by atoms with Gasteiger partial charge in [0.25, 0.3) is 0 Å². The van der Waals surface area contributed by atoms with Crippen LogP contribution in [0, 0.1) is 5.92 Å². The second-order valence-corrected chi connectivity index (χ2v) is 6.10. The maximum atomic E-state index is 12.7. The Kier molecular flexibility index (Phi) is 4.13. The maximum Gasteiger partial charge on any atom is 0.329 e. The first kappa shape index (κ1) is 14.3. The molecule has 0 aromatic rings. The Hall–Kier alpha value is -1.10. The van der Waals surface area contributed by atoms with Crippen LogP contribution in [0.15, 0.2) is 0 Å². The Morgan fingerprint density at radius 2 is 2.11 bits per heavy atom. The quantitative estimate of drug-likeness (QED) is 0.790. The van der Waals surface area contributed by atoms with Crippen LogP contribution in [0.25, 0.3) is 0 Å². The fourth-order valence-electron chi connectivity index (χ4n) is 3.27. The van der Waals surface area contributed by atoms with E-state index in [0.717, 1.165) is 32.2 Å². The number of carbonyl (C=O) groups excluding carboxylic acids is 1.